The van der Waals surface area contributed by atoms with Crippen molar-refractivity contribution in [1.29, 1.82) is 0 Å². The molecule has 2 aromatic rings. The first-order valence-corrected chi connectivity index (χ1v) is 8.34. The lowest BCUT2D eigenvalue weighted by Crippen LogP contribution is -2.40. The quantitative estimate of drug-likeness (QED) is 0.684. The molecule has 0 radical (unpaired) electrons. The van der Waals surface area contributed by atoms with E-state index in [1.54, 1.807) is 24.3 Å². The number of amides is 2. The van der Waals surface area contributed by atoms with Crippen molar-refractivity contribution >= 4 is 17.5 Å². The van der Waals surface area contributed by atoms with Gasteiger partial charge in [0.1, 0.15) is 0 Å². The summed E-state index contributed by atoms with van der Waals surface area (Å²) in [5, 5.41) is 16.0. The summed E-state index contributed by atoms with van der Waals surface area (Å²) >= 11 is 0. The number of nitrogens with one attached hydrogen (secondary N) is 4. The Labute approximate surface area is 146 Å². The summed E-state index contributed by atoms with van der Waals surface area (Å²) in [6.07, 6.45) is 0.831. The third-order valence-electron chi connectivity index (χ3n) is 3.89. The zero-order chi connectivity index (χ0) is 18.0. The molecule has 1 aliphatic rings. The van der Waals surface area contributed by atoms with Crippen LogP contribution in [0.3, 0.4) is 0 Å². The number of hydrogen-bond acceptors (Lipinski definition) is 4. The molecule has 2 heterocycles. The van der Waals surface area contributed by atoms with Crippen LogP contribution in [0.4, 0.5) is 5.69 Å². The molecule has 132 valence electrons. The van der Waals surface area contributed by atoms with Crippen LogP contribution in [0.15, 0.2) is 24.3 Å². The molecule has 7 heteroatoms. The lowest BCUT2D eigenvalue weighted by atomic mass is 10.1. The van der Waals surface area contributed by atoms with Gasteiger partial charge in [0.15, 0.2) is 5.69 Å². The van der Waals surface area contributed by atoms with E-state index in [0.29, 0.717) is 23.5 Å². The minimum absolute atomic E-state index is 0.176. The minimum Gasteiger partial charge on any atom is -0.347 e. The number of anilines is 1. The van der Waals surface area contributed by atoms with Gasteiger partial charge in [-0.15, -0.1) is 0 Å². The third kappa shape index (κ3) is 4.06. The van der Waals surface area contributed by atoms with E-state index in [9.17, 15) is 9.59 Å². The number of fused-ring (bicyclic) bond motifs is 1. The minimum atomic E-state index is -0.322. The van der Waals surface area contributed by atoms with Gasteiger partial charge in [0.2, 0.25) is 0 Å². The van der Waals surface area contributed by atoms with E-state index >= 15 is 0 Å². The van der Waals surface area contributed by atoms with Crippen LogP contribution < -0.4 is 16.0 Å². The van der Waals surface area contributed by atoms with E-state index in [2.05, 4.69) is 26.1 Å². The molecule has 7 nitrogen and oxygen atoms in total. The van der Waals surface area contributed by atoms with E-state index in [1.165, 1.54) is 0 Å². The lowest BCUT2D eigenvalue weighted by molar-refractivity contribution is 0.0918. The average molecular weight is 341 g/mol. The average Bonchev–Trinajstić information content (AvgIpc) is 2.97. The van der Waals surface area contributed by atoms with Gasteiger partial charge in [0.25, 0.3) is 11.8 Å². The largest absolute Gasteiger partial charge is 0.347 e. The summed E-state index contributed by atoms with van der Waals surface area (Å²) in [4.78, 5) is 24.8. The Morgan fingerprint density at radius 3 is 2.76 bits per heavy atom. The molecule has 0 saturated heterocycles. The highest BCUT2D eigenvalue weighted by Crippen LogP contribution is 2.18. The molecule has 0 unspecified atom stereocenters. The number of hydrogen-bond donors (Lipinski definition) is 4. The van der Waals surface area contributed by atoms with Crippen molar-refractivity contribution in [2.24, 2.45) is 0 Å². The van der Waals surface area contributed by atoms with Gasteiger partial charge in [-0.1, -0.05) is 6.07 Å². The van der Waals surface area contributed by atoms with Crippen molar-refractivity contribution in [2.75, 3.05) is 11.9 Å². The maximum absolute atomic E-state index is 12.5. The van der Waals surface area contributed by atoms with Crippen molar-refractivity contribution in [2.45, 2.75) is 39.3 Å². The first-order valence-electron chi connectivity index (χ1n) is 8.34. The van der Waals surface area contributed by atoms with Gasteiger partial charge in [-0.2, -0.15) is 5.10 Å². The number of carbonyl (C=O) groups is 2. The fourth-order valence-corrected chi connectivity index (χ4v) is 2.75. The van der Waals surface area contributed by atoms with Crippen molar-refractivity contribution in [1.82, 2.24) is 20.8 Å². The summed E-state index contributed by atoms with van der Waals surface area (Å²) in [7, 11) is 0. The summed E-state index contributed by atoms with van der Waals surface area (Å²) in [5.74, 6) is -0.459. The monoisotopic (exact) mass is 341 g/mol. The Morgan fingerprint density at radius 1 is 1.20 bits per heavy atom. The lowest BCUT2D eigenvalue weighted by Gasteiger charge is -2.20. The van der Waals surface area contributed by atoms with E-state index < -0.39 is 0 Å². The van der Waals surface area contributed by atoms with Gasteiger partial charge >= 0.3 is 0 Å². The fourth-order valence-electron chi connectivity index (χ4n) is 2.75. The number of H-pyrrole nitrogens is 1. The predicted octanol–water partition coefficient (Wildman–Crippen LogP) is 1.84. The van der Waals surface area contributed by atoms with Gasteiger partial charge in [-0.3, -0.25) is 14.7 Å². The van der Waals surface area contributed by atoms with Gasteiger partial charge < -0.3 is 16.0 Å². The molecule has 0 saturated carbocycles. The second kappa shape index (κ2) is 6.68. The maximum atomic E-state index is 12.5. The van der Waals surface area contributed by atoms with Gasteiger partial charge in [-0.05, 0) is 39.0 Å². The van der Waals surface area contributed by atoms with Crippen LogP contribution in [0.2, 0.25) is 0 Å². The zero-order valence-corrected chi connectivity index (χ0v) is 14.7. The standard InChI is InChI=1S/C18H23N5O2/c1-18(2,3)21-16(24)11-5-4-6-12(9-11)20-17(25)15-13-10-19-8-7-14(13)22-23-15/h4-6,9,19H,7-8,10H2,1-3H3,(H,20,25)(H,21,24)(H,22,23). The number of nitrogens with zero attached hydrogens (tertiary/aromatic N) is 1. The number of carbonyl (C=O) groups excluding carboxylic acids is 2. The van der Waals surface area contributed by atoms with Gasteiger partial charge in [0.05, 0.1) is 0 Å². The summed E-state index contributed by atoms with van der Waals surface area (Å²) < 4.78 is 0. The van der Waals surface area contributed by atoms with Crippen LogP contribution in [0.5, 0.6) is 0 Å². The highest BCUT2D eigenvalue weighted by molar-refractivity contribution is 6.05. The molecule has 1 aromatic carbocycles. The van der Waals surface area contributed by atoms with Crippen LogP contribution >= 0.6 is 0 Å². The Kier molecular flexibility index (Phi) is 4.59. The molecule has 0 fully saturated rings. The van der Waals surface area contributed by atoms with Gasteiger partial charge in [-0.25, -0.2) is 0 Å². The van der Waals surface area contributed by atoms with E-state index in [-0.39, 0.29) is 17.4 Å². The van der Waals surface area contributed by atoms with Crippen LogP contribution in [-0.4, -0.2) is 34.1 Å². The van der Waals surface area contributed by atoms with E-state index in [1.807, 2.05) is 20.8 Å². The molecular formula is C18H23N5O2. The summed E-state index contributed by atoms with van der Waals surface area (Å²) in [6.45, 7) is 7.27. The molecule has 3 rings (SSSR count). The number of aromatic amines is 1. The molecule has 1 aromatic heterocycles. The number of rotatable bonds is 3. The van der Waals surface area contributed by atoms with Gasteiger partial charge in [0, 0.05) is 47.6 Å². The summed E-state index contributed by atoms with van der Waals surface area (Å²) in [5.41, 5.74) is 3.04. The molecule has 0 spiro atoms. The van der Waals surface area contributed by atoms with Crippen molar-refractivity contribution in [3.63, 3.8) is 0 Å². The first kappa shape index (κ1) is 17.2. The Morgan fingerprint density at radius 2 is 2.00 bits per heavy atom. The molecular weight excluding hydrogens is 318 g/mol. The van der Waals surface area contributed by atoms with Crippen LogP contribution in [0.1, 0.15) is 52.9 Å². The highest BCUT2D eigenvalue weighted by Gasteiger charge is 2.22. The second-order valence-electron chi connectivity index (χ2n) is 7.20. The third-order valence-corrected chi connectivity index (χ3v) is 3.89. The van der Waals surface area contributed by atoms with Crippen LogP contribution in [0, 0.1) is 0 Å². The molecule has 2 amide bonds. The first-order chi connectivity index (χ1) is 11.8. The van der Waals surface area contributed by atoms with Crippen molar-refractivity contribution < 1.29 is 9.59 Å². The van der Waals surface area contributed by atoms with E-state index in [4.69, 9.17) is 0 Å². The molecule has 25 heavy (non-hydrogen) atoms. The Bertz CT molecular complexity index is 804. The molecule has 1 aliphatic heterocycles. The van der Waals surface area contributed by atoms with Crippen molar-refractivity contribution in [3.05, 3.63) is 46.8 Å². The smallest absolute Gasteiger partial charge is 0.276 e. The molecule has 0 bridgehead atoms. The zero-order valence-electron chi connectivity index (χ0n) is 14.7. The topological polar surface area (TPSA) is 98.9 Å². The maximum Gasteiger partial charge on any atom is 0.276 e. The normalized spacial score (nSPS) is 13.9. The Hall–Kier alpha value is -2.67. The number of aromatic nitrogens is 2. The summed E-state index contributed by atoms with van der Waals surface area (Å²) in [6, 6.07) is 6.88. The SMILES string of the molecule is CC(C)(C)NC(=O)c1cccc(NC(=O)c2n[nH]c3c2CNCC3)c1. The van der Waals surface area contributed by atoms with E-state index in [0.717, 1.165) is 24.2 Å². The van der Waals surface area contributed by atoms with Crippen molar-refractivity contribution in [3.8, 4) is 0 Å². The second-order valence-corrected chi connectivity index (χ2v) is 7.20. The van der Waals surface area contributed by atoms with Crippen LogP contribution in [-0.2, 0) is 13.0 Å². The number of benzene rings is 1. The molecule has 0 atom stereocenters. The predicted molar refractivity (Wildman–Crippen MR) is 95.6 cm³/mol. The van der Waals surface area contributed by atoms with Crippen LogP contribution in [0.25, 0.3) is 0 Å². The Balaban J connectivity index is 1.75. The highest BCUT2D eigenvalue weighted by atomic mass is 16.2. The molecule has 0 aliphatic carbocycles. The molecule has 4 N–H and O–H groups in total. The fraction of sp³-hybridized carbons (Fsp3) is 0.389.